The Morgan fingerprint density at radius 2 is 2.42 bits per heavy atom. The summed E-state index contributed by atoms with van der Waals surface area (Å²) in [6.07, 6.45) is 1.95. The van der Waals surface area contributed by atoms with E-state index in [9.17, 15) is 4.79 Å². The molecule has 0 amide bonds. The third kappa shape index (κ3) is 2.01. The minimum atomic E-state index is -0.219. The Balaban J connectivity index is 2.79. The van der Waals surface area contributed by atoms with Crippen LogP contribution < -0.4 is 0 Å². The number of carbonyl (C=O) groups excluding carboxylic acids is 1. The first-order valence-corrected chi connectivity index (χ1v) is 5.73. The van der Waals surface area contributed by atoms with Gasteiger partial charge in [-0.3, -0.25) is 0 Å². The molecule has 0 fully saturated rings. The van der Waals surface area contributed by atoms with E-state index in [4.69, 9.17) is 4.74 Å². The summed E-state index contributed by atoms with van der Waals surface area (Å²) in [5.41, 5.74) is 0.689. The standard InChI is InChI=1S/C8H10O2S2/c1-3-10-8(9)6-4-12-5-7(6)11-2/h4-5H,3H2,1-2H3. The fraction of sp³-hybridized carbons (Fsp3) is 0.375. The molecule has 0 aliphatic carbocycles. The van der Waals surface area contributed by atoms with Gasteiger partial charge in [-0.25, -0.2) is 4.79 Å². The topological polar surface area (TPSA) is 26.3 Å². The predicted octanol–water partition coefficient (Wildman–Crippen LogP) is 2.65. The number of thioether (sulfide) groups is 1. The summed E-state index contributed by atoms with van der Waals surface area (Å²) in [6, 6.07) is 0. The first kappa shape index (κ1) is 9.61. The second-order valence-electron chi connectivity index (χ2n) is 2.07. The van der Waals surface area contributed by atoms with Crippen molar-refractivity contribution in [2.75, 3.05) is 12.9 Å². The number of esters is 1. The molecule has 12 heavy (non-hydrogen) atoms. The SMILES string of the molecule is CCOC(=O)c1cscc1SC. The van der Waals surface area contributed by atoms with Crippen LogP contribution in [0.3, 0.4) is 0 Å². The van der Waals surface area contributed by atoms with E-state index >= 15 is 0 Å². The summed E-state index contributed by atoms with van der Waals surface area (Å²) in [4.78, 5) is 12.3. The smallest absolute Gasteiger partial charge is 0.340 e. The zero-order valence-corrected chi connectivity index (χ0v) is 8.63. The molecule has 0 spiro atoms. The van der Waals surface area contributed by atoms with Gasteiger partial charge >= 0.3 is 5.97 Å². The number of thiophene rings is 1. The van der Waals surface area contributed by atoms with Crippen molar-refractivity contribution in [3.8, 4) is 0 Å². The monoisotopic (exact) mass is 202 g/mol. The summed E-state index contributed by atoms with van der Waals surface area (Å²) < 4.78 is 4.88. The van der Waals surface area contributed by atoms with Crippen LogP contribution in [-0.4, -0.2) is 18.8 Å². The largest absolute Gasteiger partial charge is 0.462 e. The lowest BCUT2D eigenvalue weighted by Crippen LogP contribution is -2.03. The Morgan fingerprint density at radius 3 is 3.00 bits per heavy atom. The Morgan fingerprint density at radius 1 is 1.67 bits per heavy atom. The average Bonchev–Trinajstić information content (AvgIpc) is 2.51. The van der Waals surface area contributed by atoms with Crippen molar-refractivity contribution in [1.82, 2.24) is 0 Å². The molecule has 0 saturated carbocycles. The number of rotatable bonds is 3. The number of hydrogen-bond acceptors (Lipinski definition) is 4. The van der Waals surface area contributed by atoms with Crippen LogP contribution in [0.5, 0.6) is 0 Å². The molecule has 0 saturated heterocycles. The minimum absolute atomic E-state index is 0.219. The van der Waals surface area contributed by atoms with E-state index in [2.05, 4.69) is 0 Å². The lowest BCUT2D eigenvalue weighted by molar-refractivity contribution is 0.0523. The molecule has 66 valence electrons. The minimum Gasteiger partial charge on any atom is -0.462 e. The Bertz CT molecular complexity index is 268. The van der Waals surface area contributed by atoms with E-state index in [1.54, 1.807) is 11.8 Å². The van der Waals surface area contributed by atoms with Gasteiger partial charge in [0.15, 0.2) is 0 Å². The highest BCUT2D eigenvalue weighted by Gasteiger charge is 2.11. The molecule has 0 aliphatic heterocycles. The Kier molecular flexibility index (Phi) is 3.62. The fourth-order valence-corrected chi connectivity index (χ4v) is 2.47. The molecule has 0 bridgehead atoms. The van der Waals surface area contributed by atoms with Crippen molar-refractivity contribution in [2.24, 2.45) is 0 Å². The van der Waals surface area contributed by atoms with E-state index in [1.807, 2.05) is 23.9 Å². The molecule has 1 heterocycles. The van der Waals surface area contributed by atoms with Gasteiger partial charge in [0.25, 0.3) is 0 Å². The fourth-order valence-electron chi connectivity index (χ4n) is 0.801. The molecule has 1 aromatic heterocycles. The quantitative estimate of drug-likeness (QED) is 0.557. The highest BCUT2D eigenvalue weighted by Crippen LogP contribution is 2.24. The van der Waals surface area contributed by atoms with E-state index in [0.717, 1.165) is 4.90 Å². The van der Waals surface area contributed by atoms with E-state index in [0.29, 0.717) is 12.2 Å². The molecule has 0 radical (unpaired) electrons. The summed E-state index contributed by atoms with van der Waals surface area (Å²) in [7, 11) is 0. The zero-order valence-electron chi connectivity index (χ0n) is 6.99. The lowest BCUT2D eigenvalue weighted by atomic mass is 10.3. The Labute approximate surface area is 79.9 Å². The summed E-state index contributed by atoms with van der Waals surface area (Å²) in [6.45, 7) is 2.24. The van der Waals surface area contributed by atoms with E-state index in [1.165, 1.54) is 11.3 Å². The first-order valence-electron chi connectivity index (χ1n) is 3.57. The molecule has 0 aromatic carbocycles. The van der Waals surface area contributed by atoms with Gasteiger partial charge in [0, 0.05) is 15.7 Å². The third-order valence-corrected chi connectivity index (χ3v) is 3.01. The van der Waals surface area contributed by atoms with Gasteiger partial charge in [0.2, 0.25) is 0 Å². The molecule has 0 atom stereocenters. The molecule has 1 aromatic rings. The molecule has 1 rings (SSSR count). The Hall–Kier alpha value is -0.480. The first-order chi connectivity index (χ1) is 5.79. The van der Waals surface area contributed by atoms with Gasteiger partial charge in [-0.1, -0.05) is 0 Å². The second kappa shape index (κ2) is 4.52. The molecule has 2 nitrogen and oxygen atoms in total. The second-order valence-corrected chi connectivity index (χ2v) is 3.67. The molecule has 4 heteroatoms. The molecule has 0 aliphatic rings. The normalized spacial score (nSPS) is 9.83. The van der Waals surface area contributed by atoms with Crippen LogP contribution in [0.4, 0.5) is 0 Å². The number of hydrogen-bond donors (Lipinski definition) is 0. The molecule has 0 unspecified atom stereocenters. The van der Waals surface area contributed by atoms with Crippen LogP contribution in [-0.2, 0) is 4.74 Å². The molecule has 0 N–H and O–H groups in total. The number of ether oxygens (including phenoxy) is 1. The van der Waals surface area contributed by atoms with Crippen molar-refractivity contribution in [3.63, 3.8) is 0 Å². The maximum Gasteiger partial charge on any atom is 0.340 e. The summed E-state index contributed by atoms with van der Waals surface area (Å²) in [5.74, 6) is -0.219. The van der Waals surface area contributed by atoms with Crippen molar-refractivity contribution in [3.05, 3.63) is 16.3 Å². The van der Waals surface area contributed by atoms with Crippen LogP contribution >= 0.6 is 23.1 Å². The van der Waals surface area contributed by atoms with Crippen LogP contribution in [0.2, 0.25) is 0 Å². The molecular weight excluding hydrogens is 192 g/mol. The van der Waals surface area contributed by atoms with E-state index < -0.39 is 0 Å². The van der Waals surface area contributed by atoms with Crippen molar-refractivity contribution < 1.29 is 9.53 Å². The van der Waals surface area contributed by atoms with Gasteiger partial charge < -0.3 is 4.74 Å². The summed E-state index contributed by atoms with van der Waals surface area (Å²) >= 11 is 3.09. The van der Waals surface area contributed by atoms with Crippen LogP contribution in [0, 0.1) is 0 Å². The summed E-state index contributed by atoms with van der Waals surface area (Å²) in [5, 5.41) is 3.78. The van der Waals surface area contributed by atoms with Gasteiger partial charge in [-0.2, -0.15) is 11.3 Å². The van der Waals surface area contributed by atoms with E-state index in [-0.39, 0.29) is 5.97 Å². The average molecular weight is 202 g/mol. The predicted molar refractivity (Wildman–Crippen MR) is 52.1 cm³/mol. The van der Waals surface area contributed by atoms with Crippen molar-refractivity contribution in [1.29, 1.82) is 0 Å². The van der Waals surface area contributed by atoms with Gasteiger partial charge in [-0.05, 0) is 13.2 Å². The highest BCUT2D eigenvalue weighted by molar-refractivity contribution is 7.98. The van der Waals surface area contributed by atoms with Crippen LogP contribution in [0.25, 0.3) is 0 Å². The highest BCUT2D eigenvalue weighted by atomic mass is 32.2. The van der Waals surface area contributed by atoms with Crippen LogP contribution in [0.1, 0.15) is 17.3 Å². The van der Waals surface area contributed by atoms with Gasteiger partial charge in [0.05, 0.1) is 12.2 Å². The zero-order chi connectivity index (χ0) is 8.97. The maximum atomic E-state index is 11.3. The third-order valence-electron chi connectivity index (χ3n) is 1.34. The van der Waals surface area contributed by atoms with Crippen LogP contribution in [0.15, 0.2) is 15.7 Å². The van der Waals surface area contributed by atoms with Gasteiger partial charge in [-0.15, -0.1) is 11.8 Å². The number of carbonyl (C=O) groups is 1. The van der Waals surface area contributed by atoms with Gasteiger partial charge in [0.1, 0.15) is 0 Å². The maximum absolute atomic E-state index is 11.3. The van der Waals surface area contributed by atoms with Crippen molar-refractivity contribution in [2.45, 2.75) is 11.8 Å². The molecular formula is C8H10O2S2. The lowest BCUT2D eigenvalue weighted by Gasteiger charge is -2.00. The van der Waals surface area contributed by atoms with Crippen molar-refractivity contribution >= 4 is 29.1 Å².